The number of methoxy groups -OCH3 is 1. The summed E-state index contributed by atoms with van der Waals surface area (Å²) in [5, 5.41) is 3.52. The standard InChI is InChI=1S/C13H24N2O2/c1-13(2,17-3)12(16)15-9-5-7-11(15)10-6-4-8-14-10/h10-11,14H,4-9H2,1-3H3. The van der Waals surface area contributed by atoms with Gasteiger partial charge in [0, 0.05) is 25.7 Å². The molecule has 2 saturated heterocycles. The summed E-state index contributed by atoms with van der Waals surface area (Å²) >= 11 is 0. The minimum atomic E-state index is -0.693. The van der Waals surface area contributed by atoms with E-state index >= 15 is 0 Å². The molecule has 4 nitrogen and oxygen atoms in total. The van der Waals surface area contributed by atoms with E-state index in [-0.39, 0.29) is 5.91 Å². The van der Waals surface area contributed by atoms with Gasteiger partial charge in [0.25, 0.3) is 5.91 Å². The molecule has 0 aromatic rings. The Morgan fingerprint density at radius 3 is 2.71 bits per heavy atom. The number of rotatable bonds is 3. The van der Waals surface area contributed by atoms with Gasteiger partial charge in [0.15, 0.2) is 0 Å². The van der Waals surface area contributed by atoms with Gasteiger partial charge in [0.05, 0.1) is 0 Å². The summed E-state index contributed by atoms with van der Waals surface area (Å²) in [6.07, 6.45) is 4.68. The van der Waals surface area contributed by atoms with Crippen molar-refractivity contribution in [2.24, 2.45) is 0 Å². The Hall–Kier alpha value is -0.610. The van der Waals surface area contributed by atoms with Crippen molar-refractivity contribution in [2.45, 2.75) is 57.2 Å². The number of hydrogen-bond donors (Lipinski definition) is 1. The number of hydrogen-bond acceptors (Lipinski definition) is 3. The van der Waals surface area contributed by atoms with Crippen LogP contribution in [0.3, 0.4) is 0 Å². The number of amides is 1. The molecule has 1 N–H and O–H groups in total. The second-order valence-electron chi connectivity index (χ2n) is 5.63. The highest BCUT2D eigenvalue weighted by molar-refractivity contribution is 5.85. The first-order chi connectivity index (χ1) is 8.06. The van der Waals surface area contributed by atoms with Crippen molar-refractivity contribution in [1.29, 1.82) is 0 Å². The van der Waals surface area contributed by atoms with Crippen LogP contribution in [0.25, 0.3) is 0 Å². The summed E-state index contributed by atoms with van der Waals surface area (Å²) in [5.74, 6) is 0.135. The molecule has 0 aromatic carbocycles. The summed E-state index contributed by atoms with van der Waals surface area (Å²) in [6.45, 7) is 5.69. The number of ether oxygens (including phenoxy) is 1. The molecule has 0 saturated carbocycles. The van der Waals surface area contributed by atoms with Crippen LogP contribution in [-0.4, -0.2) is 48.7 Å². The zero-order valence-corrected chi connectivity index (χ0v) is 11.2. The van der Waals surface area contributed by atoms with Crippen LogP contribution in [0.2, 0.25) is 0 Å². The molecule has 4 heteroatoms. The van der Waals surface area contributed by atoms with Gasteiger partial charge in [-0.05, 0) is 46.1 Å². The quantitative estimate of drug-likeness (QED) is 0.804. The lowest BCUT2D eigenvalue weighted by atomic mass is 10.0. The topological polar surface area (TPSA) is 41.6 Å². The molecule has 2 rings (SSSR count). The number of nitrogens with one attached hydrogen (secondary N) is 1. The predicted molar refractivity (Wildman–Crippen MR) is 66.8 cm³/mol. The van der Waals surface area contributed by atoms with Crippen molar-refractivity contribution in [3.05, 3.63) is 0 Å². The summed E-state index contributed by atoms with van der Waals surface area (Å²) in [6, 6.07) is 0.869. The summed E-state index contributed by atoms with van der Waals surface area (Å²) in [7, 11) is 1.61. The lowest BCUT2D eigenvalue weighted by Gasteiger charge is -2.34. The maximum Gasteiger partial charge on any atom is 0.254 e. The summed E-state index contributed by atoms with van der Waals surface area (Å²) in [4.78, 5) is 14.5. The maximum atomic E-state index is 12.4. The SMILES string of the molecule is COC(C)(C)C(=O)N1CCCC1C1CCCN1. The van der Waals surface area contributed by atoms with Crippen molar-refractivity contribution >= 4 is 5.91 Å². The minimum absolute atomic E-state index is 0.135. The number of nitrogens with zero attached hydrogens (tertiary/aromatic N) is 1. The predicted octanol–water partition coefficient (Wildman–Crippen LogP) is 1.15. The summed E-state index contributed by atoms with van der Waals surface area (Å²) in [5.41, 5.74) is -0.693. The maximum absolute atomic E-state index is 12.4. The van der Waals surface area contributed by atoms with Gasteiger partial charge in [-0.2, -0.15) is 0 Å². The zero-order valence-electron chi connectivity index (χ0n) is 11.2. The Morgan fingerprint density at radius 1 is 1.35 bits per heavy atom. The average molecular weight is 240 g/mol. The first-order valence-electron chi connectivity index (χ1n) is 6.66. The van der Waals surface area contributed by atoms with Crippen molar-refractivity contribution in [3.63, 3.8) is 0 Å². The molecule has 0 radical (unpaired) electrons. The largest absolute Gasteiger partial charge is 0.369 e. The van der Waals surface area contributed by atoms with Crippen LogP contribution < -0.4 is 5.32 Å². The van der Waals surface area contributed by atoms with Crippen LogP contribution in [0.1, 0.15) is 39.5 Å². The van der Waals surface area contributed by atoms with Gasteiger partial charge in [-0.15, -0.1) is 0 Å². The Balaban J connectivity index is 2.06. The van der Waals surface area contributed by atoms with Gasteiger partial charge in [-0.1, -0.05) is 0 Å². The average Bonchev–Trinajstić information content (AvgIpc) is 2.97. The van der Waals surface area contributed by atoms with Gasteiger partial charge in [-0.25, -0.2) is 0 Å². The zero-order chi connectivity index (χ0) is 12.5. The van der Waals surface area contributed by atoms with E-state index < -0.39 is 5.60 Å². The van der Waals surface area contributed by atoms with E-state index in [4.69, 9.17) is 4.74 Å². The van der Waals surface area contributed by atoms with Gasteiger partial charge in [0.2, 0.25) is 0 Å². The van der Waals surface area contributed by atoms with Gasteiger partial charge >= 0.3 is 0 Å². The van der Waals surface area contributed by atoms with E-state index in [2.05, 4.69) is 5.32 Å². The van der Waals surface area contributed by atoms with Gasteiger partial charge in [0.1, 0.15) is 5.60 Å². The normalized spacial score (nSPS) is 29.9. The highest BCUT2D eigenvalue weighted by atomic mass is 16.5. The van der Waals surface area contributed by atoms with Crippen LogP contribution in [0.4, 0.5) is 0 Å². The molecule has 2 heterocycles. The highest BCUT2D eigenvalue weighted by Crippen LogP contribution is 2.27. The Morgan fingerprint density at radius 2 is 2.12 bits per heavy atom. The number of likely N-dealkylation sites (tertiary alicyclic amines) is 1. The Bertz CT molecular complexity index is 285. The fourth-order valence-electron chi connectivity index (χ4n) is 2.94. The van der Waals surface area contributed by atoms with Crippen LogP contribution in [0, 0.1) is 0 Å². The van der Waals surface area contributed by atoms with E-state index in [1.165, 1.54) is 12.8 Å². The Kier molecular flexibility index (Phi) is 3.73. The number of carbonyl (C=O) groups excluding carboxylic acids is 1. The van der Waals surface area contributed by atoms with Crippen LogP contribution in [0.15, 0.2) is 0 Å². The fourth-order valence-corrected chi connectivity index (χ4v) is 2.94. The lowest BCUT2D eigenvalue weighted by Crippen LogP contribution is -2.53. The highest BCUT2D eigenvalue weighted by Gasteiger charge is 2.41. The molecule has 0 aliphatic carbocycles. The molecular formula is C13H24N2O2. The molecule has 2 unspecified atom stereocenters. The third kappa shape index (κ3) is 2.47. The Labute approximate surface area is 104 Å². The molecule has 17 heavy (non-hydrogen) atoms. The molecule has 0 bridgehead atoms. The van der Waals surface area contributed by atoms with Crippen LogP contribution in [0.5, 0.6) is 0 Å². The third-order valence-electron chi connectivity index (χ3n) is 4.15. The van der Waals surface area contributed by atoms with Crippen molar-refractivity contribution in [3.8, 4) is 0 Å². The molecule has 0 aromatic heterocycles. The van der Waals surface area contributed by atoms with Crippen LogP contribution >= 0.6 is 0 Å². The second-order valence-corrected chi connectivity index (χ2v) is 5.63. The van der Waals surface area contributed by atoms with E-state index in [0.29, 0.717) is 12.1 Å². The monoisotopic (exact) mass is 240 g/mol. The molecule has 0 spiro atoms. The van der Waals surface area contributed by atoms with Crippen molar-refractivity contribution < 1.29 is 9.53 Å². The van der Waals surface area contributed by atoms with Crippen molar-refractivity contribution in [1.82, 2.24) is 10.2 Å². The van der Waals surface area contributed by atoms with E-state index in [9.17, 15) is 4.79 Å². The molecule has 2 aliphatic heterocycles. The fraction of sp³-hybridized carbons (Fsp3) is 0.923. The minimum Gasteiger partial charge on any atom is -0.369 e. The first kappa shape index (κ1) is 12.8. The second kappa shape index (κ2) is 4.94. The van der Waals surface area contributed by atoms with Gasteiger partial charge < -0.3 is 15.0 Å². The molecule has 2 aliphatic rings. The van der Waals surface area contributed by atoms with Crippen molar-refractivity contribution in [2.75, 3.05) is 20.2 Å². The van der Waals surface area contributed by atoms with E-state index in [1.807, 2.05) is 18.7 Å². The molecule has 2 atom stereocenters. The first-order valence-corrected chi connectivity index (χ1v) is 6.66. The smallest absolute Gasteiger partial charge is 0.254 e. The van der Waals surface area contributed by atoms with E-state index in [0.717, 1.165) is 25.9 Å². The molecule has 2 fully saturated rings. The lowest BCUT2D eigenvalue weighted by molar-refractivity contribution is -0.152. The van der Waals surface area contributed by atoms with E-state index in [1.54, 1.807) is 7.11 Å². The van der Waals surface area contributed by atoms with Crippen LogP contribution in [-0.2, 0) is 9.53 Å². The van der Waals surface area contributed by atoms with Gasteiger partial charge in [-0.3, -0.25) is 4.79 Å². The number of carbonyl (C=O) groups is 1. The summed E-state index contributed by atoms with van der Waals surface area (Å²) < 4.78 is 5.31. The molecule has 1 amide bonds. The third-order valence-corrected chi connectivity index (χ3v) is 4.15. The molecular weight excluding hydrogens is 216 g/mol. The molecule has 98 valence electrons.